The second-order valence-corrected chi connectivity index (χ2v) is 6.44. The number of aromatic nitrogens is 2. The number of carbonyl (C=O) groups excluding carboxylic acids is 2. The van der Waals surface area contributed by atoms with Crippen molar-refractivity contribution in [3.05, 3.63) is 26.6 Å². The van der Waals surface area contributed by atoms with Crippen LogP contribution in [-0.4, -0.2) is 27.8 Å². The Morgan fingerprint density at radius 1 is 1.35 bits per heavy atom. The zero-order chi connectivity index (χ0) is 17.0. The van der Waals surface area contributed by atoms with Crippen LogP contribution >= 0.6 is 23.2 Å². The molecule has 1 aromatic rings. The predicted molar refractivity (Wildman–Crippen MR) is 86.6 cm³/mol. The maximum Gasteiger partial charge on any atom is 0.321 e. The van der Waals surface area contributed by atoms with Gasteiger partial charge in [0, 0.05) is 6.04 Å². The lowest BCUT2D eigenvalue weighted by Gasteiger charge is -2.29. The summed E-state index contributed by atoms with van der Waals surface area (Å²) in [4.78, 5) is 35.5. The standard InChI is InChI=1S/C14H18Cl2N4O3/c1-8-4-2-3-5-10(8)18-14(23)19-11(21)7-20-13(22)12(16)9(15)6-17-20/h6,8,10H,2-5,7H2,1H3,(H2,18,19,21,23). The molecule has 1 saturated carbocycles. The lowest BCUT2D eigenvalue weighted by molar-refractivity contribution is -0.120. The molecule has 2 N–H and O–H groups in total. The second kappa shape index (κ2) is 7.79. The molecule has 126 valence electrons. The zero-order valence-corrected chi connectivity index (χ0v) is 14.2. The lowest BCUT2D eigenvalue weighted by Crippen LogP contribution is -2.48. The van der Waals surface area contributed by atoms with Crippen LogP contribution in [0.25, 0.3) is 0 Å². The van der Waals surface area contributed by atoms with Gasteiger partial charge in [-0.05, 0) is 18.8 Å². The van der Waals surface area contributed by atoms with E-state index in [1.54, 1.807) is 0 Å². The fraction of sp³-hybridized carbons (Fsp3) is 0.571. The van der Waals surface area contributed by atoms with E-state index in [0.29, 0.717) is 5.92 Å². The van der Waals surface area contributed by atoms with Gasteiger partial charge in [0.15, 0.2) is 0 Å². The highest BCUT2D eigenvalue weighted by Crippen LogP contribution is 2.23. The molecule has 23 heavy (non-hydrogen) atoms. The molecular weight excluding hydrogens is 343 g/mol. The largest absolute Gasteiger partial charge is 0.335 e. The van der Waals surface area contributed by atoms with Crippen LogP contribution in [0, 0.1) is 5.92 Å². The Morgan fingerprint density at radius 2 is 2.04 bits per heavy atom. The molecule has 0 aromatic carbocycles. The summed E-state index contributed by atoms with van der Waals surface area (Å²) in [5.74, 6) is -0.275. The molecule has 3 amide bonds. The molecule has 7 nitrogen and oxygen atoms in total. The van der Waals surface area contributed by atoms with Gasteiger partial charge >= 0.3 is 6.03 Å². The first-order valence-electron chi connectivity index (χ1n) is 7.40. The van der Waals surface area contributed by atoms with E-state index < -0.39 is 24.0 Å². The quantitative estimate of drug-likeness (QED) is 0.861. The van der Waals surface area contributed by atoms with Gasteiger partial charge in [0.05, 0.1) is 11.2 Å². The van der Waals surface area contributed by atoms with Gasteiger partial charge in [0.25, 0.3) is 5.56 Å². The summed E-state index contributed by atoms with van der Waals surface area (Å²) in [5.41, 5.74) is -0.685. The molecule has 0 radical (unpaired) electrons. The average molecular weight is 361 g/mol. The van der Waals surface area contributed by atoms with Crippen LogP contribution in [0.5, 0.6) is 0 Å². The van der Waals surface area contributed by atoms with E-state index in [1.165, 1.54) is 6.20 Å². The first kappa shape index (κ1) is 17.7. The van der Waals surface area contributed by atoms with Crippen LogP contribution in [0.2, 0.25) is 10.0 Å². The van der Waals surface area contributed by atoms with Crippen molar-refractivity contribution in [2.75, 3.05) is 0 Å². The van der Waals surface area contributed by atoms with Crippen molar-refractivity contribution in [1.82, 2.24) is 20.4 Å². The van der Waals surface area contributed by atoms with Crippen molar-refractivity contribution < 1.29 is 9.59 Å². The third-order valence-corrected chi connectivity index (χ3v) is 4.67. The third-order valence-electron chi connectivity index (χ3n) is 3.92. The van der Waals surface area contributed by atoms with Crippen molar-refractivity contribution in [3.63, 3.8) is 0 Å². The molecule has 1 fully saturated rings. The molecule has 0 aliphatic heterocycles. The summed E-state index contributed by atoms with van der Waals surface area (Å²) in [6.45, 7) is 1.66. The van der Waals surface area contributed by atoms with Gasteiger partial charge in [-0.2, -0.15) is 5.10 Å². The number of hydrogen-bond donors (Lipinski definition) is 2. The minimum Gasteiger partial charge on any atom is -0.335 e. The Hall–Kier alpha value is -1.60. The van der Waals surface area contributed by atoms with Crippen LogP contribution in [-0.2, 0) is 11.3 Å². The Morgan fingerprint density at radius 3 is 2.74 bits per heavy atom. The van der Waals surface area contributed by atoms with E-state index in [9.17, 15) is 14.4 Å². The van der Waals surface area contributed by atoms with Crippen LogP contribution in [0.3, 0.4) is 0 Å². The average Bonchev–Trinajstić information content (AvgIpc) is 2.50. The van der Waals surface area contributed by atoms with Gasteiger partial charge in [0.2, 0.25) is 5.91 Å². The maximum atomic E-state index is 11.9. The molecule has 1 aromatic heterocycles. The molecular formula is C14H18Cl2N4O3. The Bertz CT molecular complexity index is 662. The van der Waals surface area contributed by atoms with Crippen LogP contribution in [0.1, 0.15) is 32.6 Å². The maximum absolute atomic E-state index is 11.9. The van der Waals surface area contributed by atoms with Crippen LogP contribution < -0.4 is 16.2 Å². The lowest BCUT2D eigenvalue weighted by atomic mass is 9.86. The number of amides is 3. The monoisotopic (exact) mass is 360 g/mol. The minimum atomic E-state index is -0.685. The Kier molecular flexibility index (Phi) is 6.01. The molecule has 0 saturated heterocycles. The summed E-state index contributed by atoms with van der Waals surface area (Å²) in [6.07, 6.45) is 5.35. The molecule has 1 heterocycles. The number of imide groups is 1. The van der Waals surface area contributed by atoms with Gasteiger partial charge in [-0.3, -0.25) is 14.9 Å². The summed E-state index contributed by atoms with van der Waals surface area (Å²) in [7, 11) is 0. The number of hydrogen-bond acceptors (Lipinski definition) is 4. The van der Waals surface area contributed by atoms with Crippen molar-refractivity contribution in [2.24, 2.45) is 5.92 Å². The highest BCUT2D eigenvalue weighted by Gasteiger charge is 2.23. The molecule has 2 unspecified atom stereocenters. The fourth-order valence-electron chi connectivity index (χ4n) is 2.59. The molecule has 2 atom stereocenters. The topological polar surface area (TPSA) is 93.1 Å². The van der Waals surface area contributed by atoms with Gasteiger partial charge in [-0.25, -0.2) is 9.48 Å². The number of carbonyl (C=O) groups is 2. The van der Waals surface area contributed by atoms with E-state index in [4.69, 9.17) is 23.2 Å². The molecule has 1 aliphatic rings. The SMILES string of the molecule is CC1CCCCC1NC(=O)NC(=O)Cn1ncc(Cl)c(Cl)c1=O. The summed E-state index contributed by atoms with van der Waals surface area (Å²) in [5, 5.41) is 8.49. The number of nitrogens with one attached hydrogen (secondary N) is 2. The molecule has 9 heteroatoms. The molecule has 0 spiro atoms. The number of nitrogens with zero attached hydrogens (tertiary/aromatic N) is 2. The van der Waals surface area contributed by atoms with Gasteiger partial charge < -0.3 is 5.32 Å². The molecule has 0 bridgehead atoms. The van der Waals surface area contributed by atoms with Crippen molar-refractivity contribution >= 4 is 35.1 Å². The first-order valence-corrected chi connectivity index (χ1v) is 8.15. The number of halogens is 2. The fourth-order valence-corrected chi connectivity index (χ4v) is 2.87. The number of urea groups is 1. The summed E-state index contributed by atoms with van der Waals surface area (Å²) >= 11 is 11.4. The van der Waals surface area contributed by atoms with Crippen molar-refractivity contribution in [2.45, 2.75) is 45.2 Å². The van der Waals surface area contributed by atoms with Crippen molar-refractivity contribution in [1.29, 1.82) is 0 Å². The van der Waals surface area contributed by atoms with E-state index in [2.05, 4.69) is 22.7 Å². The highest BCUT2D eigenvalue weighted by molar-refractivity contribution is 6.41. The summed E-state index contributed by atoms with van der Waals surface area (Å²) < 4.78 is 0.847. The third kappa shape index (κ3) is 4.68. The zero-order valence-electron chi connectivity index (χ0n) is 12.6. The van der Waals surface area contributed by atoms with Crippen molar-refractivity contribution in [3.8, 4) is 0 Å². The van der Waals surface area contributed by atoms with E-state index in [-0.39, 0.29) is 16.1 Å². The van der Waals surface area contributed by atoms with Crippen LogP contribution in [0.4, 0.5) is 4.79 Å². The van der Waals surface area contributed by atoms with E-state index in [1.807, 2.05) is 0 Å². The summed E-state index contributed by atoms with van der Waals surface area (Å²) in [6, 6.07) is -0.510. The Balaban J connectivity index is 1.90. The predicted octanol–water partition coefficient (Wildman–Crippen LogP) is 1.95. The van der Waals surface area contributed by atoms with E-state index in [0.717, 1.165) is 30.4 Å². The molecule has 1 aliphatic carbocycles. The van der Waals surface area contributed by atoms with Gasteiger partial charge in [-0.1, -0.05) is 43.0 Å². The smallest absolute Gasteiger partial charge is 0.321 e. The van der Waals surface area contributed by atoms with E-state index >= 15 is 0 Å². The second-order valence-electron chi connectivity index (χ2n) is 5.66. The first-order chi connectivity index (χ1) is 10.9. The highest BCUT2D eigenvalue weighted by atomic mass is 35.5. The minimum absolute atomic E-state index is 0.0114. The number of rotatable bonds is 3. The normalized spacial score (nSPS) is 20.8. The van der Waals surface area contributed by atoms with Gasteiger partial charge in [-0.15, -0.1) is 0 Å². The Labute approximate surface area is 143 Å². The van der Waals surface area contributed by atoms with Gasteiger partial charge in [0.1, 0.15) is 11.6 Å². The van der Waals surface area contributed by atoms with Crippen LogP contribution in [0.15, 0.2) is 11.0 Å². The molecule has 2 rings (SSSR count).